The zero-order valence-electron chi connectivity index (χ0n) is 18.7. The third-order valence-corrected chi connectivity index (χ3v) is 8.74. The maximum atomic E-state index is 13.0. The lowest BCUT2D eigenvalue weighted by atomic mass is 9.47. The Balaban J connectivity index is 1.86. The maximum absolute atomic E-state index is 13.0. The Morgan fingerprint density at radius 1 is 1.17 bits per heavy atom. The van der Waals surface area contributed by atoms with Gasteiger partial charge in [0.1, 0.15) is 5.76 Å². The Morgan fingerprint density at radius 2 is 1.87 bits per heavy atom. The molecule has 0 aromatic heterocycles. The fourth-order valence-electron chi connectivity index (χ4n) is 7.35. The number of hydrogen-bond donors (Lipinski definition) is 0. The van der Waals surface area contributed by atoms with Crippen LogP contribution in [0.25, 0.3) is 0 Å². The predicted molar refractivity (Wildman–Crippen MR) is 112 cm³/mol. The normalized spacial score (nSPS) is 42.4. The topological polar surface area (TPSA) is 69.7 Å². The molecule has 2 fully saturated rings. The van der Waals surface area contributed by atoms with E-state index in [2.05, 4.69) is 26.5 Å². The Morgan fingerprint density at radius 3 is 2.47 bits per heavy atom. The van der Waals surface area contributed by atoms with Crippen molar-refractivity contribution in [2.45, 2.75) is 65.4 Å². The zero-order valence-corrected chi connectivity index (χ0v) is 18.7. The van der Waals surface area contributed by atoms with Crippen LogP contribution in [0.5, 0.6) is 0 Å². The largest absolute Gasteiger partial charge is 0.497 e. The summed E-state index contributed by atoms with van der Waals surface area (Å²) in [6.45, 7) is 11.5. The highest BCUT2D eigenvalue weighted by atomic mass is 16.6. The summed E-state index contributed by atoms with van der Waals surface area (Å²) in [5, 5.41) is 0. The lowest BCUT2D eigenvalue weighted by molar-refractivity contribution is -0.179. The fourth-order valence-corrected chi connectivity index (χ4v) is 7.35. The predicted octanol–water partition coefficient (Wildman–Crippen LogP) is 4.33. The summed E-state index contributed by atoms with van der Waals surface area (Å²) in [6.07, 6.45) is 7.62. The lowest BCUT2D eigenvalue weighted by Gasteiger charge is -2.57. The molecule has 2 saturated carbocycles. The number of carbonyl (C=O) groups is 3. The van der Waals surface area contributed by atoms with Crippen LogP contribution >= 0.6 is 0 Å². The second-order valence-electron chi connectivity index (χ2n) is 10.1. The van der Waals surface area contributed by atoms with Crippen LogP contribution in [-0.2, 0) is 23.9 Å². The second-order valence-corrected chi connectivity index (χ2v) is 10.1. The van der Waals surface area contributed by atoms with Gasteiger partial charge in [0.25, 0.3) is 0 Å². The van der Waals surface area contributed by atoms with E-state index in [0.29, 0.717) is 24.3 Å². The number of ether oxygens (including phenoxy) is 2. The van der Waals surface area contributed by atoms with Crippen LogP contribution in [-0.4, -0.2) is 30.2 Å². The van der Waals surface area contributed by atoms with Crippen molar-refractivity contribution < 1.29 is 23.9 Å². The molecule has 5 heteroatoms. The standard InChI is InChI=1S/C25H32O5/c1-14-11-20-18-13-22(29-6)21-12-17(28)7-9-23(21,4)19(18)8-10-24(20,5)25(14,15(2)26)30-16(3)27/h12-13,18-20H,1,7-11H2,2-6H3. The molecule has 6 unspecified atom stereocenters. The van der Waals surface area contributed by atoms with Crippen LogP contribution in [0.2, 0.25) is 0 Å². The number of carbonyl (C=O) groups excluding carboxylic acids is 3. The molecule has 30 heavy (non-hydrogen) atoms. The summed E-state index contributed by atoms with van der Waals surface area (Å²) in [5.74, 6) is 0.971. The van der Waals surface area contributed by atoms with Gasteiger partial charge in [-0.05, 0) is 68.1 Å². The van der Waals surface area contributed by atoms with Gasteiger partial charge in [0.05, 0.1) is 7.11 Å². The molecule has 0 aromatic carbocycles. The molecular weight excluding hydrogens is 380 g/mol. The van der Waals surface area contributed by atoms with E-state index >= 15 is 0 Å². The molecule has 0 spiro atoms. The number of esters is 1. The molecule has 0 radical (unpaired) electrons. The van der Waals surface area contributed by atoms with E-state index in [0.717, 1.165) is 30.6 Å². The Kier molecular flexibility index (Phi) is 4.68. The summed E-state index contributed by atoms with van der Waals surface area (Å²) in [4.78, 5) is 37.2. The first-order valence-electron chi connectivity index (χ1n) is 10.9. The van der Waals surface area contributed by atoms with Crippen molar-refractivity contribution in [3.63, 3.8) is 0 Å². The van der Waals surface area contributed by atoms with E-state index in [4.69, 9.17) is 9.47 Å². The second kappa shape index (κ2) is 6.66. The van der Waals surface area contributed by atoms with Crippen molar-refractivity contribution in [2.24, 2.45) is 28.6 Å². The maximum Gasteiger partial charge on any atom is 0.303 e. The van der Waals surface area contributed by atoms with E-state index in [1.54, 1.807) is 13.2 Å². The summed E-state index contributed by atoms with van der Waals surface area (Å²) in [5.41, 5.74) is -0.198. The Hall–Kier alpha value is -2.17. The number of methoxy groups -OCH3 is 1. The fraction of sp³-hybridized carbons (Fsp3) is 0.640. The minimum atomic E-state index is -1.27. The molecule has 0 aromatic rings. The van der Waals surface area contributed by atoms with Gasteiger partial charge in [-0.1, -0.05) is 20.4 Å². The van der Waals surface area contributed by atoms with E-state index in [9.17, 15) is 14.4 Å². The number of allylic oxidation sites excluding steroid dienone is 3. The van der Waals surface area contributed by atoms with Crippen molar-refractivity contribution in [1.29, 1.82) is 0 Å². The third-order valence-electron chi connectivity index (χ3n) is 8.74. The van der Waals surface area contributed by atoms with Gasteiger partial charge < -0.3 is 9.47 Å². The van der Waals surface area contributed by atoms with Crippen molar-refractivity contribution >= 4 is 17.5 Å². The zero-order chi connectivity index (χ0) is 22.1. The van der Waals surface area contributed by atoms with Gasteiger partial charge in [-0.15, -0.1) is 0 Å². The van der Waals surface area contributed by atoms with Gasteiger partial charge in [0, 0.05) is 29.7 Å². The molecule has 0 saturated heterocycles. The van der Waals surface area contributed by atoms with Crippen molar-refractivity contribution in [3.05, 3.63) is 35.6 Å². The number of rotatable bonds is 3. The van der Waals surface area contributed by atoms with Gasteiger partial charge in [-0.3, -0.25) is 14.4 Å². The van der Waals surface area contributed by atoms with E-state index in [1.165, 1.54) is 13.8 Å². The Bertz CT molecular complexity index is 910. The highest BCUT2D eigenvalue weighted by Gasteiger charge is 2.69. The summed E-state index contributed by atoms with van der Waals surface area (Å²) in [7, 11) is 1.65. The molecule has 0 N–H and O–H groups in total. The average Bonchev–Trinajstić information content (AvgIpc) is 2.90. The summed E-state index contributed by atoms with van der Waals surface area (Å²) < 4.78 is 11.6. The number of fused-ring (bicyclic) bond motifs is 5. The van der Waals surface area contributed by atoms with Gasteiger partial charge >= 0.3 is 5.97 Å². The van der Waals surface area contributed by atoms with Crippen molar-refractivity contribution in [3.8, 4) is 0 Å². The van der Waals surface area contributed by atoms with Crippen molar-refractivity contribution in [2.75, 3.05) is 7.11 Å². The van der Waals surface area contributed by atoms with Crippen LogP contribution in [0.4, 0.5) is 0 Å². The molecule has 5 nitrogen and oxygen atoms in total. The molecule has 4 aliphatic rings. The molecule has 0 heterocycles. The van der Waals surface area contributed by atoms with Crippen LogP contribution in [0.3, 0.4) is 0 Å². The minimum absolute atomic E-state index is 0.119. The SMILES string of the molecule is C=C1CC2C3C=C(OC)C4=CC(=O)CCC4(C)C3CCC2(C)C1(OC(C)=O)C(C)=O. The first-order valence-corrected chi connectivity index (χ1v) is 10.9. The average molecular weight is 413 g/mol. The van der Waals surface area contributed by atoms with E-state index in [-0.39, 0.29) is 28.8 Å². The summed E-state index contributed by atoms with van der Waals surface area (Å²) in [6, 6.07) is 0. The van der Waals surface area contributed by atoms with E-state index in [1.807, 2.05) is 0 Å². The molecule has 6 atom stereocenters. The lowest BCUT2D eigenvalue weighted by Crippen LogP contribution is -2.58. The molecule has 0 aliphatic heterocycles. The first-order chi connectivity index (χ1) is 14.0. The molecular formula is C25H32O5. The summed E-state index contributed by atoms with van der Waals surface area (Å²) >= 11 is 0. The quantitative estimate of drug-likeness (QED) is 0.510. The van der Waals surface area contributed by atoms with Crippen molar-refractivity contribution in [1.82, 2.24) is 0 Å². The molecule has 4 aliphatic carbocycles. The molecule has 4 rings (SSSR count). The monoisotopic (exact) mass is 412 g/mol. The Labute approximate surface area is 178 Å². The number of ketones is 2. The highest BCUT2D eigenvalue weighted by molar-refractivity contribution is 5.93. The van der Waals surface area contributed by atoms with E-state index < -0.39 is 17.0 Å². The number of Topliss-reactive ketones (excluding diaryl/α,β-unsaturated/α-hetero) is 1. The van der Waals surface area contributed by atoms with Gasteiger partial charge in [0.15, 0.2) is 17.2 Å². The van der Waals surface area contributed by atoms with Crippen LogP contribution < -0.4 is 0 Å². The third kappa shape index (κ3) is 2.50. The van der Waals surface area contributed by atoms with Crippen LogP contribution in [0.15, 0.2) is 35.6 Å². The van der Waals surface area contributed by atoms with Gasteiger partial charge in [-0.2, -0.15) is 0 Å². The molecule has 0 amide bonds. The highest BCUT2D eigenvalue weighted by Crippen LogP contribution is 2.68. The molecule has 162 valence electrons. The number of hydrogen-bond acceptors (Lipinski definition) is 5. The van der Waals surface area contributed by atoms with Crippen LogP contribution in [0.1, 0.15) is 59.8 Å². The van der Waals surface area contributed by atoms with Gasteiger partial charge in [0.2, 0.25) is 0 Å². The minimum Gasteiger partial charge on any atom is -0.497 e. The smallest absolute Gasteiger partial charge is 0.303 e. The first kappa shape index (κ1) is 21.1. The van der Waals surface area contributed by atoms with Gasteiger partial charge in [-0.25, -0.2) is 0 Å². The molecule has 0 bridgehead atoms. The van der Waals surface area contributed by atoms with Crippen LogP contribution in [0, 0.1) is 28.6 Å².